The zero-order valence-corrected chi connectivity index (χ0v) is 11.5. The third-order valence-corrected chi connectivity index (χ3v) is 3.01. The minimum Gasteiger partial charge on any atom is -0.434 e. The van der Waals surface area contributed by atoms with Gasteiger partial charge < -0.3 is 4.74 Å². The number of anilines is 1. The van der Waals surface area contributed by atoms with Crippen LogP contribution >= 0.6 is 22.6 Å². The van der Waals surface area contributed by atoms with Crippen LogP contribution in [0.3, 0.4) is 0 Å². The summed E-state index contributed by atoms with van der Waals surface area (Å²) in [6.45, 7) is -2.95. The van der Waals surface area contributed by atoms with Crippen molar-refractivity contribution < 1.29 is 18.3 Å². The van der Waals surface area contributed by atoms with Gasteiger partial charge in [0.1, 0.15) is 5.75 Å². The molecule has 4 N–H and O–H groups in total. The summed E-state index contributed by atoms with van der Waals surface area (Å²) in [7, 11) is 1.31. The normalized spacial score (nSPS) is 10.4. The quantitative estimate of drug-likeness (QED) is 0.365. The van der Waals surface area contributed by atoms with Gasteiger partial charge in [0, 0.05) is 7.05 Å². The fourth-order valence-electron chi connectivity index (χ4n) is 1.15. The van der Waals surface area contributed by atoms with Crippen LogP contribution in [-0.4, -0.2) is 24.7 Å². The van der Waals surface area contributed by atoms with E-state index in [9.17, 15) is 13.6 Å². The lowest BCUT2D eigenvalue weighted by Crippen LogP contribution is -2.48. The summed E-state index contributed by atoms with van der Waals surface area (Å²) in [6.07, 6.45) is 0. The highest BCUT2D eigenvalue weighted by atomic mass is 127. The third-order valence-electron chi connectivity index (χ3n) is 1.93. The van der Waals surface area contributed by atoms with E-state index in [1.165, 1.54) is 25.2 Å². The summed E-state index contributed by atoms with van der Waals surface area (Å²) in [5.74, 6) is 10.7. The van der Waals surface area contributed by atoms with Crippen LogP contribution in [0.1, 0.15) is 0 Å². The number of rotatable bonds is 3. The van der Waals surface area contributed by atoms with Crippen molar-refractivity contribution in [2.24, 2.45) is 11.7 Å². The van der Waals surface area contributed by atoms with E-state index < -0.39 is 12.6 Å². The van der Waals surface area contributed by atoms with Gasteiger partial charge in [-0.1, -0.05) is 6.07 Å². The number of benzene rings is 1. The maximum atomic E-state index is 12.2. The second-order valence-corrected chi connectivity index (χ2v) is 4.31. The fourth-order valence-corrected chi connectivity index (χ4v) is 1.89. The molecule has 0 aliphatic rings. The van der Waals surface area contributed by atoms with Gasteiger partial charge in [0.05, 0.1) is 9.26 Å². The highest BCUT2D eigenvalue weighted by Gasteiger charge is 2.19. The Kier molecular flexibility index (Phi) is 5.04. The Balaban J connectivity index is 3.06. The number of carbonyl (C=O) groups is 1. The first kappa shape index (κ1) is 14.9. The van der Waals surface area contributed by atoms with E-state index in [0.717, 1.165) is 10.0 Å². The highest BCUT2D eigenvalue weighted by Crippen LogP contribution is 2.31. The first-order valence-electron chi connectivity index (χ1n) is 4.65. The Morgan fingerprint density at radius 2 is 2.06 bits per heavy atom. The first-order chi connectivity index (χ1) is 8.34. The summed E-state index contributed by atoms with van der Waals surface area (Å²) in [5, 5.41) is 1.52. The zero-order chi connectivity index (χ0) is 13.9. The van der Waals surface area contributed by atoms with Gasteiger partial charge in [-0.2, -0.15) is 8.78 Å². The van der Waals surface area contributed by atoms with E-state index >= 15 is 0 Å². The SMILES string of the molecule is CN(N)C(=O)N(N)c1cccc(OC(F)F)c1I. The molecular formula is C9H11F2IN4O2. The van der Waals surface area contributed by atoms with Crippen molar-refractivity contribution in [3.05, 3.63) is 21.8 Å². The molecule has 0 aliphatic heterocycles. The Morgan fingerprint density at radius 3 is 2.56 bits per heavy atom. The summed E-state index contributed by atoms with van der Waals surface area (Å²) in [6, 6.07) is 3.59. The topological polar surface area (TPSA) is 84.8 Å². The van der Waals surface area contributed by atoms with Crippen LogP contribution in [0.15, 0.2) is 18.2 Å². The Hall–Kier alpha value is -1.20. The number of nitrogens with two attached hydrogens (primary N) is 2. The standard InChI is InChI=1S/C9H11F2IN4O2/c1-15(13)9(17)16(14)5-3-2-4-6(7(5)12)18-8(10)11/h2-4,8H,13-14H2,1H3. The van der Waals surface area contributed by atoms with Gasteiger partial charge in [-0.25, -0.2) is 21.5 Å². The van der Waals surface area contributed by atoms with Crippen LogP contribution in [0.25, 0.3) is 0 Å². The van der Waals surface area contributed by atoms with Gasteiger partial charge in [-0.15, -0.1) is 0 Å². The van der Waals surface area contributed by atoms with Crippen molar-refractivity contribution in [1.82, 2.24) is 5.01 Å². The number of nitrogens with zero attached hydrogens (tertiary/aromatic N) is 2. The van der Waals surface area contributed by atoms with Gasteiger partial charge in [0.2, 0.25) is 0 Å². The lowest BCUT2D eigenvalue weighted by Gasteiger charge is -2.22. The summed E-state index contributed by atoms with van der Waals surface area (Å²) >= 11 is 1.75. The molecule has 1 rings (SSSR count). The molecule has 0 saturated heterocycles. The second-order valence-electron chi connectivity index (χ2n) is 3.23. The number of carbonyl (C=O) groups excluding carboxylic acids is 1. The number of halogens is 3. The lowest BCUT2D eigenvalue weighted by atomic mass is 10.3. The van der Waals surface area contributed by atoms with E-state index in [4.69, 9.17) is 11.7 Å². The van der Waals surface area contributed by atoms with Crippen molar-refractivity contribution in [3.63, 3.8) is 0 Å². The molecule has 1 aromatic carbocycles. The molecule has 0 aliphatic carbocycles. The fraction of sp³-hybridized carbons (Fsp3) is 0.222. The molecule has 1 aromatic rings. The smallest absolute Gasteiger partial charge is 0.387 e. The summed E-state index contributed by atoms with van der Waals surface area (Å²) < 4.78 is 28.9. The van der Waals surface area contributed by atoms with E-state index in [-0.39, 0.29) is 15.0 Å². The third kappa shape index (κ3) is 3.40. The number of amides is 2. The molecule has 0 bridgehead atoms. The maximum absolute atomic E-state index is 12.2. The average Bonchev–Trinajstić information content (AvgIpc) is 2.29. The molecule has 0 aromatic heterocycles. The van der Waals surface area contributed by atoms with E-state index in [2.05, 4.69) is 4.74 Å². The van der Waals surface area contributed by atoms with Crippen LogP contribution in [0.5, 0.6) is 5.75 Å². The van der Waals surface area contributed by atoms with Gasteiger partial charge in [-0.05, 0) is 34.7 Å². The minimum absolute atomic E-state index is 0.0639. The molecule has 0 radical (unpaired) electrons. The average molecular weight is 372 g/mol. The predicted octanol–water partition coefficient (Wildman–Crippen LogP) is 1.50. The minimum atomic E-state index is -2.95. The van der Waals surface area contributed by atoms with Gasteiger partial charge in [0.25, 0.3) is 0 Å². The molecule has 9 heteroatoms. The Bertz CT molecular complexity index is 445. The molecule has 0 fully saturated rings. The monoisotopic (exact) mass is 372 g/mol. The van der Waals surface area contributed by atoms with Crippen LogP contribution < -0.4 is 21.4 Å². The Labute approximate surface area is 116 Å². The van der Waals surface area contributed by atoms with E-state index in [1.807, 2.05) is 0 Å². The van der Waals surface area contributed by atoms with Crippen LogP contribution in [0.2, 0.25) is 0 Å². The highest BCUT2D eigenvalue weighted by molar-refractivity contribution is 14.1. The summed E-state index contributed by atoms with van der Waals surface area (Å²) in [4.78, 5) is 11.5. The molecule has 0 spiro atoms. The van der Waals surface area contributed by atoms with Crippen LogP contribution in [0, 0.1) is 3.57 Å². The lowest BCUT2D eigenvalue weighted by molar-refractivity contribution is -0.0503. The molecule has 100 valence electrons. The van der Waals surface area contributed by atoms with Gasteiger partial charge in [-0.3, -0.25) is 5.01 Å². The molecule has 0 heterocycles. The predicted molar refractivity (Wildman–Crippen MR) is 69.8 cm³/mol. The number of hydrogen-bond acceptors (Lipinski definition) is 4. The molecular weight excluding hydrogens is 361 g/mol. The van der Waals surface area contributed by atoms with Crippen molar-refractivity contribution in [2.75, 3.05) is 12.1 Å². The maximum Gasteiger partial charge on any atom is 0.387 e. The molecule has 6 nitrogen and oxygen atoms in total. The van der Waals surface area contributed by atoms with E-state index in [1.54, 1.807) is 22.6 Å². The van der Waals surface area contributed by atoms with Crippen molar-refractivity contribution in [3.8, 4) is 5.75 Å². The van der Waals surface area contributed by atoms with Crippen molar-refractivity contribution in [2.45, 2.75) is 6.61 Å². The van der Waals surface area contributed by atoms with Crippen molar-refractivity contribution in [1.29, 1.82) is 0 Å². The number of hydrogen-bond donors (Lipinski definition) is 2. The number of hydrazine groups is 2. The van der Waals surface area contributed by atoms with Crippen LogP contribution in [-0.2, 0) is 0 Å². The largest absolute Gasteiger partial charge is 0.434 e. The molecule has 2 amide bonds. The van der Waals surface area contributed by atoms with Crippen LogP contribution in [0.4, 0.5) is 19.3 Å². The molecule has 0 unspecified atom stereocenters. The zero-order valence-electron chi connectivity index (χ0n) is 9.31. The van der Waals surface area contributed by atoms with E-state index in [0.29, 0.717) is 0 Å². The molecule has 0 atom stereocenters. The van der Waals surface area contributed by atoms with Gasteiger partial charge in [0.15, 0.2) is 0 Å². The van der Waals surface area contributed by atoms with Gasteiger partial charge >= 0.3 is 12.6 Å². The number of ether oxygens (including phenoxy) is 1. The first-order valence-corrected chi connectivity index (χ1v) is 5.73. The summed E-state index contributed by atoms with van der Waals surface area (Å²) in [5.41, 5.74) is 0.219. The number of urea groups is 1. The van der Waals surface area contributed by atoms with Crippen molar-refractivity contribution >= 4 is 34.3 Å². The second kappa shape index (κ2) is 6.11. The molecule has 18 heavy (non-hydrogen) atoms. The molecule has 0 saturated carbocycles. The number of alkyl halides is 2. The Morgan fingerprint density at radius 1 is 1.44 bits per heavy atom.